The first kappa shape index (κ1) is 15.6. The second-order valence-electron chi connectivity index (χ2n) is 4.87. The van der Waals surface area contributed by atoms with Gasteiger partial charge >= 0.3 is 6.18 Å². The van der Waals surface area contributed by atoms with Crippen LogP contribution in [0.3, 0.4) is 0 Å². The molecule has 1 heterocycles. The Morgan fingerprint density at radius 1 is 1.50 bits per heavy atom. The molecular weight excluding hydrogens is 313 g/mol. The van der Waals surface area contributed by atoms with E-state index in [0.717, 1.165) is 0 Å². The Labute approximate surface area is 123 Å². The van der Waals surface area contributed by atoms with Crippen LogP contribution in [0.5, 0.6) is 0 Å². The van der Waals surface area contributed by atoms with E-state index < -0.39 is 18.0 Å². The van der Waals surface area contributed by atoms with Crippen molar-refractivity contribution in [3.63, 3.8) is 0 Å². The van der Waals surface area contributed by atoms with Gasteiger partial charge in [0.15, 0.2) is 5.13 Å². The van der Waals surface area contributed by atoms with Gasteiger partial charge in [0, 0.05) is 11.3 Å². The molecular formula is C12H14ClF3N2OS. The molecule has 1 fully saturated rings. The van der Waals surface area contributed by atoms with E-state index in [0.29, 0.717) is 23.7 Å². The number of hydrogen-bond donors (Lipinski definition) is 1. The molecule has 1 aliphatic carbocycles. The zero-order valence-electron chi connectivity index (χ0n) is 10.5. The van der Waals surface area contributed by atoms with Crippen LogP contribution in [-0.4, -0.2) is 17.1 Å². The first-order valence-electron chi connectivity index (χ1n) is 6.28. The Morgan fingerprint density at radius 2 is 2.25 bits per heavy atom. The zero-order valence-corrected chi connectivity index (χ0v) is 12.1. The Kier molecular flexibility index (Phi) is 4.90. The number of thiazole rings is 1. The van der Waals surface area contributed by atoms with E-state index in [-0.39, 0.29) is 24.6 Å². The quantitative estimate of drug-likeness (QED) is 0.846. The molecule has 1 aromatic rings. The molecule has 1 aromatic heterocycles. The van der Waals surface area contributed by atoms with Gasteiger partial charge in [-0.05, 0) is 19.3 Å². The molecule has 2 unspecified atom stereocenters. The van der Waals surface area contributed by atoms with E-state index in [4.69, 9.17) is 11.6 Å². The smallest absolute Gasteiger partial charge is 0.302 e. The maximum atomic E-state index is 12.7. The van der Waals surface area contributed by atoms with Crippen LogP contribution in [0, 0.1) is 11.8 Å². The predicted molar refractivity (Wildman–Crippen MR) is 71.8 cm³/mol. The maximum Gasteiger partial charge on any atom is 0.391 e. The van der Waals surface area contributed by atoms with Crippen molar-refractivity contribution in [2.24, 2.45) is 11.8 Å². The van der Waals surface area contributed by atoms with Crippen molar-refractivity contribution in [3.8, 4) is 0 Å². The van der Waals surface area contributed by atoms with Crippen LogP contribution in [0.1, 0.15) is 31.4 Å². The molecule has 3 nitrogen and oxygen atoms in total. The molecule has 1 aliphatic rings. The Balaban J connectivity index is 1.95. The van der Waals surface area contributed by atoms with E-state index in [2.05, 4.69) is 10.3 Å². The lowest BCUT2D eigenvalue weighted by atomic mass is 9.80. The predicted octanol–water partition coefficient (Wildman–Crippen LogP) is 4.19. The molecule has 0 aliphatic heterocycles. The van der Waals surface area contributed by atoms with Gasteiger partial charge < -0.3 is 5.32 Å². The van der Waals surface area contributed by atoms with E-state index in [9.17, 15) is 18.0 Å². The summed E-state index contributed by atoms with van der Waals surface area (Å²) in [5.41, 5.74) is 0.642. The van der Waals surface area contributed by atoms with Crippen molar-refractivity contribution in [1.82, 2.24) is 4.98 Å². The van der Waals surface area contributed by atoms with Crippen molar-refractivity contribution in [3.05, 3.63) is 11.1 Å². The molecule has 1 saturated carbocycles. The second kappa shape index (κ2) is 6.30. The third-order valence-corrected chi connectivity index (χ3v) is 4.51. The zero-order chi connectivity index (χ0) is 14.8. The van der Waals surface area contributed by atoms with Gasteiger partial charge in [-0.15, -0.1) is 22.9 Å². The summed E-state index contributed by atoms with van der Waals surface area (Å²) in [6.45, 7) is 0. The summed E-state index contributed by atoms with van der Waals surface area (Å²) in [6, 6.07) is 0. The number of nitrogens with one attached hydrogen (secondary N) is 1. The van der Waals surface area contributed by atoms with E-state index in [1.807, 2.05) is 0 Å². The first-order valence-corrected chi connectivity index (χ1v) is 7.69. The van der Waals surface area contributed by atoms with Gasteiger partial charge in [-0.2, -0.15) is 13.2 Å². The number of nitrogens with zero attached hydrogens (tertiary/aromatic N) is 1. The summed E-state index contributed by atoms with van der Waals surface area (Å²) < 4.78 is 38.1. The maximum absolute atomic E-state index is 12.7. The molecule has 0 aromatic carbocycles. The topological polar surface area (TPSA) is 42.0 Å². The fourth-order valence-electron chi connectivity index (χ4n) is 2.36. The summed E-state index contributed by atoms with van der Waals surface area (Å²) in [6.07, 6.45) is -3.32. The number of halogens is 4. The van der Waals surface area contributed by atoms with Crippen molar-refractivity contribution >= 4 is 34.0 Å². The highest BCUT2D eigenvalue weighted by molar-refractivity contribution is 7.13. The highest BCUT2D eigenvalue weighted by Crippen LogP contribution is 2.40. The van der Waals surface area contributed by atoms with Crippen LogP contribution in [0.15, 0.2) is 5.38 Å². The van der Waals surface area contributed by atoms with Crippen LogP contribution in [-0.2, 0) is 10.7 Å². The Morgan fingerprint density at radius 3 is 2.85 bits per heavy atom. The minimum Gasteiger partial charge on any atom is -0.302 e. The van der Waals surface area contributed by atoms with Crippen LogP contribution in [0.2, 0.25) is 0 Å². The van der Waals surface area contributed by atoms with E-state index in [1.54, 1.807) is 5.38 Å². The molecule has 0 spiro atoms. The minimum absolute atomic E-state index is 0.112. The molecule has 0 radical (unpaired) electrons. The van der Waals surface area contributed by atoms with Crippen molar-refractivity contribution < 1.29 is 18.0 Å². The molecule has 2 atom stereocenters. The van der Waals surface area contributed by atoms with Gasteiger partial charge in [-0.1, -0.05) is 6.42 Å². The number of hydrogen-bond acceptors (Lipinski definition) is 3. The highest BCUT2D eigenvalue weighted by atomic mass is 35.5. The highest BCUT2D eigenvalue weighted by Gasteiger charge is 2.43. The Bertz CT molecular complexity index is 478. The van der Waals surface area contributed by atoms with Crippen molar-refractivity contribution in [1.29, 1.82) is 0 Å². The normalized spacial score (nSPS) is 23.6. The number of alkyl halides is 4. The van der Waals surface area contributed by atoms with Crippen molar-refractivity contribution in [2.45, 2.75) is 37.7 Å². The molecule has 0 saturated heterocycles. The van der Waals surface area contributed by atoms with E-state index in [1.165, 1.54) is 11.3 Å². The molecule has 1 N–H and O–H groups in total. The van der Waals surface area contributed by atoms with Crippen molar-refractivity contribution in [2.75, 3.05) is 5.32 Å². The van der Waals surface area contributed by atoms with Crippen LogP contribution >= 0.6 is 22.9 Å². The first-order chi connectivity index (χ1) is 9.40. The van der Waals surface area contributed by atoms with Gasteiger partial charge in [-0.25, -0.2) is 4.98 Å². The van der Waals surface area contributed by atoms with E-state index >= 15 is 0 Å². The van der Waals surface area contributed by atoms with Crippen LogP contribution in [0.25, 0.3) is 0 Å². The number of aromatic nitrogens is 1. The van der Waals surface area contributed by atoms with Gasteiger partial charge in [-0.3, -0.25) is 4.79 Å². The van der Waals surface area contributed by atoms with Gasteiger partial charge in [0.05, 0.1) is 17.5 Å². The molecule has 112 valence electrons. The molecule has 8 heteroatoms. The number of amides is 1. The average molecular weight is 327 g/mol. The number of carbonyl (C=O) groups is 1. The fourth-order valence-corrected chi connectivity index (χ4v) is 3.30. The lowest BCUT2D eigenvalue weighted by Crippen LogP contribution is -2.34. The van der Waals surface area contributed by atoms with Crippen LogP contribution < -0.4 is 5.32 Å². The Hall–Kier alpha value is -0.820. The summed E-state index contributed by atoms with van der Waals surface area (Å²) >= 11 is 6.82. The number of rotatable bonds is 3. The van der Waals surface area contributed by atoms with Gasteiger partial charge in [0.25, 0.3) is 0 Å². The number of carbonyl (C=O) groups excluding carboxylic acids is 1. The standard InChI is InChI=1S/C12H14ClF3N2OS/c13-5-9-6-20-11(17-9)18-10(19)7-2-1-3-8(4-7)12(14,15)16/h6-8H,1-5H2,(H,17,18,19). The minimum atomic E-state index is -4.22. The fraction of sp³-hybridized carbons (Fsp3) is 0.667. The lowest BCUT2D eigenvalue weighted by molar-refractivity contribution is -0.185. The third-order valence-electron chi connectivity index (χ3n) is 3.43. The average Bonchev–Trinajstić information content (AvgIpc) is 2.85. The largest absolute Gasteiger partial charge is 0.391 e. The third kappa shape index (κ3) is 3.85. The lowest BCUT2D eigenvalue weighted by Gasteiger charge is -2.29. The summed E-state index contributed by atoms with van der Waals surface area (Å²) in [4.78, 5) is 16.1. The monoisotopic (exact) mass is 326 g/mol. The summed E-state index contributed by atoms with van der Waals surface area (Å²) in [5, 5.41) is 4.68. The second-order valence-corrected chi connectivity index (χ2v) is 5.99. The number of anilines is 1. The molecule has 0 bridgehead atoms. The van der Waals surface area contributed by atoms with Crippen LogP contribution in [0.4, 0.5) is 18.3 Å². The molecule has 20 heavy (non-hydrogen) atoms. The molecule has 2 rings (SSSR count). The summed E-state index contributed by atoms with van der Waals surface area (Å²) in [7, 11) is 0. The molecule has 1 amide bonds. The SMILES string of the molecule is O=C(Nc1nc(CCl)cs1)C1CCCC(C(F)(F)F)C1. The van der Waals surface area contributed by atoms with Gasteiger partial charge in [0.1, 0.15) is 0 Å². The summed E-state index contributed by atoms with van der Waals surface area (Å²) in [5.74, 6) is -2.11. The van der Waals surface area contributed by atoms with Gasteiger partial charge in [0.2, 0.25) is 5.91 Å².